The first-order chi connectivity index (χ1) is 9.60. The third-order valence-corrected chi connectivity index (χ3v) is 3.05. The topological polar surface area (TPSA) is 61.1 Å². The molecule has 100 valence electrons. The summed E-state index contributed by atoms with van der Waals surface area (Å²) in [5, 5.41) is 18.0. The van der Waals surface area contributed by atoms with Gasteiger partial charge in [0.1, 0.15) is 5.82 Å². The van der Waals surface area contributed by atoms with Gasteiger partial charge in [0.25, 0.3) is 0 Å². The number of hydrogen-bond donors (Lipinski definition) is 1. The van der Waals surface area contributed by atoms with E-state index >= 15 is 0 Å². The molecule has 2 aromatic carbocycles. The van der Waals surface area contributed by atoms with E-state index in [0.29, 0.717) is 12.0 Å². The number of rotatable bonds is 4. The zero-order valence-electron chi connectivity index (χ0n) is 10.6. The molecule has 1 atom stereocenters. The zero-order chi connectivity index (χ0) is 14.5. The van der Waals surface area contributed by atoms with Gasteiger partial charge < -0.3 is 5.11 Å². The zero-order valence-corrected chi connectivity index (χ0v) is 10.6. The number of carbonyl (C=O) groups is 1. The van der Waals surface area contributed by atoms with E-state index in [0.717, 1.165) is 5.56 Å². The van der Waals surface area contributed by atoms with Crippen molar-refractivity contribution >= 4 is 5.97 Å². The maximum atomic E-state index is 13.2. The summed E-state index contributed by atoms with van der Waals surface area (Å²) in [6.07, 6.45) is 0.417. The lowest BCUT2D eigenvalue weighted by Crippen LogP contribution is -2.02. The predicted octanol–water partition coefficient (Wildman–Crippen LogP) is 3.37. The van der Waals surface area contributed by atoms with Gasteiger partial charge in [-0.2, -0.15) is 5.26 Å². The summed E-state index contributed by atoms with van der Waals surface area (Å²) in [6.45, 7) is 0. The third-order valence-electron chi connectivity index (χ3n) is 3.05. The Balaban J connectivity index is 2.18. The first-order valence-electron chi connectivity index (χ1n) is 6.07. The van der Waals surface area contributed by atoms with E-state index in [9.17, 15) is 14.4 Å². The molecule has 0 spiro atoms. The van der Waals surface area contributed by atoms with E-state index in [1.165, 1.54) is 24.3 Å². The summed E-state index contributed by atoms with van der Waals surface area (Å²) in [5.41, 5.74) is 1.66. The second-order valence-electron chi connectivity index (χ2n) is 4.44. The third kappa shape index (κ3) is 3.21. The number of nitrogens with zero attached hydrogens (tertiary/aromatic N) is 1. The molecular formula is C16H12FNO2. The first kappa shape index (κ1) is 13.8. The standard InChI is InChI=1S/C16H12FNO2/c17-15-3-1-2-13(9-15)14(10-18)8-11-4-6-12(7-5-11)16(19)20/h1-7,9,14H,8H2,(H,19,20). The minimum absolute atomic E-state index is 0.202. The van der Waals surface area contributed by atoms with E-state index in [4.69, 9.17) is 5.11 Å². The van der Waals surface area contributed by atoms with Gasteiger partial charge in [0.05, 0.1) is 17.6 Å². The lowest BCUT2D eigenvalue weighted by molar-refractivity contribution is 0.0697. The van der Waals surface area contributed by atoms with Crippen molar-refractivity contribution in [1.82, 2.24) is 0 Å². The molecule has 2 aromatic rings. The van der Waals surface area contributed by atoms with Crippen LogP contribution in [0.2, 0.25) is 0 Å². The summed E-state index contributed by atoms with van der Waals surface area (Å²) in [4.78, 5) is 10.8. The Morgan fingerprint density at radius 1 is 1.25 bits per heavy atom. The fourth-order valence-corrected chi connectivity index (χ4v) is 1.98. The quantitative estimate of drug-likeness (QED) is 0.925. The largest absolute Gasteiger partial charge is 0.478 e. The molecule has 0 aliphatic rings. The molecule has 0 heterocycles. The van der Waals surface area contributed by atoms with Crippen LogP contribution in [0.1, 0.15) is 27.4 Å². The van der Waals surface area contributed by atoms with Gasteiger partial charge in [-0.15, -0.1) is 0 Å². The average molecular weight is 269 g/mol. The number of aromatic carboxylic acids is 1. The second kappa shape index (κ2) is 5.98. The average Bonchev–Trinajstić information content (AvgIpc) is 2.45. The van der Waals surface area contributed by atoms with Crippen LogP contribution in [-0.4, -0.2) is 11.1 Å². The Bertz CT molecular complexity index is 659. The molecule has 0 aromatic heterocycles. The normalized spacial score (nSPS) is 11.6. The molecule has 0 saturated carbocycles. The molecule has 1 unspecified atom stereocenters. The van der Waals surface area contributed by atoms with Crippen LogP contribution in [0.25, 0.3) is 0 Å². The van der Waals surface area contributed by atoms with Gasteiger partial charge >= 0.3 is 5.97 Å². The van der Waals surface area contributed by atoms with Gasteiger partial charge in [-0.1, -0.05) is 24.3 Å². The summed E-state index contributed by atoms with van der Waals surface area (Å²) >= 11 is 0. The highest BCUT2D eigenvalue weighted by Gasteiger charge is 2.12. The fourth-order valence-electron chi connectivity index (χ4n) is 1.98. The molecule has 0 aliphatic carbocycles. The second-order valence-corrected chi connectivity index (χ2v) is 4.44. The van der Waals surface area contributed by atoms with E-state index < -0.39 is 11.9 Å². The van der Waals surface area contributed by atoms with Crippen LogP contribution in [0.3, 0.4) is 0 Å². The number of halogens is 1. The molecule has 0 amide bonds. The SMILES string of the molecule is N#CC(Cc1ccc(C(=O)O)cc1)c1cccc(F)c1. The Kier molecular flexibility index (Phi) is 4.11. The number of hydrogen-bond acceptors (Lipinski definition) is 2. The molecule has 0 aliphatic heterocycles. The molecule has 0 saturated heterocycles. The summed E-state index contributed by atoms with van der Waals surface area (Å²) in [7, 11) is 0. The van der Waals surface area contributed by atoms with Crippen LogP contribution in [0.5, 0.6) is 0 Å². The van der Waals surface area contributed by atoms with Crippen LogP contribution < -0.4 is 0 Å². The van der Waals surface area contributed by atoms with E-state index in [2.05, 4.69) is 6.07 Å². The van der Waals surface area contributed by atoms with Crippen LogP contribution in [-0.2, 0) is 6.42 Å². The van der Waals surface area contributed by atoms with Gasteiger partial charge in [-0.25, -0.2) is 9.18 Å². The van der Waals surface area contributed by atoms with Crippen LogP contribution in [0, 0.1) is 17.1 Å². The minimum Gasteiger partial charge on any atom is -0.478 e. The number of benzene rings is 2. The first-order valence-corrected chi connectivity index (χ1v) is 6.07. The van der Waals surface area contributed by atoms with Gasteiger partial charge in [-0.3, -0.25) is 0 Å². The molecule has 0 fully saturated rings. The molecular weight excluding hydrogens is 257 g/mol. The van der Waals surface area contributed by atoms with Gasteiger partial charge in [-0.05, 0) is 41.8 Å². The van der Waals surface area contributed by atoms with Crippen LogP contribution in [0.15, 0.2) is 48.5 Å². The molecule has 0 bridgehead atoms. The smallest absolute Gasteiger partial charge is 0.335 e. The predicted molar refractivity (Wildman–Crippen MR) is 71.9 cm³/mol. The molecule has 3 nitrogen and oxygen atoms in total. The number of carboxylic acid groups (broad SMARTS) is 1. The van der Waals surface area contributed by atoms with Gasteiger partial charge in [0.15, 0.2) is 0 Å². The van der Waals surface area contributed by atoms with Crippen molar-refractivity contribution in [2.75, 3.05) is 0 Å². The van der Waals surface area contributed by atoms with Gasteiger partial charge in [0, 0.05) is 0 Å². The van der Waals surface area contributed by atoms with Crippen molar-refractivity contribution in [3.63, 3.8) is 0 Å². The molecule has 0 radical (unpaired) electrons. The van der Waals surface area contributed by atoms with Gasteiger partial charge in [0.2, 0.25) is 0 Å². The Morgan fingerprint density at radius 2 is 1.95 bits per heavy atom. The lowest BCUT2D eigenvalue weighted by Gasteiger charge is -2.10. The molecule has 20 heavy (non-hydrogen) atoms. The van der Waals surface area contributed by atoms with Crippen molar-refractivity contribution in [2.24, 2.45) is 0 Å². The Hall–Kier alpha value is -2.67. The Labute approximate surface area is 115 Å². The van der Waals surface area contributed by atoms with E-state index in [-0.39, 0.29) is 11.4 Å². The number of nitriles is 1. The molecule has 2 rings (SSSR count). The monoisotopic (exact) mass is 269 g/mol. The van der Waals surface area contributed by atoms with Crippen molar-refractivity contribution in [3.05, 3.63) is 71.0 Å². The fraction of sp³-hybridized carbons (Fsp3) is 0.125. The maximum absolute atomic E-state index is 13.2. The molecule has 4 heteroatoms. The summed E-state index contributed by atoms with van der Waals surface area (Å²) < 4.78 is 13.2. The van der Waals surface area contributed by atoms with Crippen LogP contribution in [0.4, 0.5) is 4.39 Å². The van der Waals surface area contributed by atoms with Crippen molar-refractivity contribution in [1.29, 1.82) is 5.26 Å². The summed E-state index contributed by atoms with van der Waals surface area (Å²) in [6, 6.07) is 14.5. The maximum Gasteiger partial charge on any atom is 0.335 e. The lowest BCUT2D eigenvalue weighted by atomic mass is 9.93. The number of carboxylic acids is 1. The highest BCUT2D eigenvalue weighted by molar-refractivity contribution is 5.87. The van der Waals surface area contributed by atoms with Crippen molar-refractivity contribution in [3.8, 4) is 6.07 Å². The van der Waals surface area contributed by atoms with E-state index in [1.54, 1.807) is 24.3 Å². The molecule has 1 N–H and O–H groups in total. The van der Waals surface area contributed by atoms with Crippen molar-refractivity contribution < 1.29 is 14.3 Å². The summed E-state index contributed by atoms with van der Waals surface area (Å²) in [5.74, 6) is -1.82. The minimum atomic E-state index is -0.987. The van der Waals surface area contributed by atoms with E-state index in [1.807, 2.05) is 0 Å². The van der Waals surface area contributed by atoms with Crippen molar-refractivity contribution in [2.45, 2.75) is 12.3 Å². The van der Waals surface area contributed by atoms with Crippen LogP contribution >= 0.6 is 0 Å². The Morgan fingerprint density at radius 3 is 2.50 bits per heavy atom. The highest BCUT2D eigenvalue weighted by atomic mass is 19.1. The highest BCUT2D eigenvalue weighted by Crippen LogP contribution is 2.21.